The van der Waals surface area contributed by atoms with E-state index in [1.54, 1.807) is 11.3 Å². The highest BCUT2D eigenvalue weighted by Gasteiger charge is 2.17. The van der Waals surface area contributed by atoms with Crippen LogP contribution in [0.1, 0.15) is 39.9 Å². The zero-order valence-electron chi connectivity index (χ0n) is 10.1. The van der Waals surface area contributed by atoms with Gasteiger partial charge in [0.1, 0.15) is 0 Å². The Kier molecular flexibility index (Phi) is 4.62. The number of amides is 1. The van der Waals surface area contributed by atoms with Crippen molar-refractivity contribution in [1.29, 1.82) is 0 Å². The third-order valence-electron chi connectivity index (χ3n) is 3.09. The minimum atomic E-state index is 0.0946. The van der Waals surface area contributed by atoms with E-state index in [1.807, 2.05) is 0 Å². The molecule has 1 aliphatic rings. The molecule has 0 radical (unpaired) electrons. The van der Waals surface area contributed by atoms with Gasteiger partial charge in [0.05, 0.1) is 4.88 Å². The lowest BCUT2D eigenvalue weighted by Gasteiger charge is -2.08. The third-order valence-corrected chi connectivity index (χ3v) is 5.44. The van der Waals surface area contributed by atoms with Crippen molar-refractivity contribution in [3.05, 3.63) is 21.4 Å². The van der Waals surface area contributed by atoms with Crippen molar-refractivity contribution < 1.29 is 4.79 Å². The lowest BCUT2D eigenvalue weighted by molar-refractivity contribution is 0.0953. The molecule has 2 nitrogen and oxygen atoms in total. The molecule has 0 fully saturated rings. The van der Waals surface area contributed by atoms with Crippen LogP contribution in [0.15, 0.2) is 6.07 Å². The van der Waals surface area contributed by atoms with Gasteiger partial charge < -0.3 is 5.32 Å². The Labute approximate surface area is 115 Å². The summed E-state index contributed by atoms with van der Waals surface area (Å²) in [6, 6.07) is 2.09. The van der Waals surface area contributed by atoms with Gasteiger partial charge in [-0.2, -0.15) is 0 Å². The standard InChI is InChI=1S/C13H18BrNOS/c1-9(7-14)8-15-13(16)12-6-10-4-2-3-5-11(10)17-12/h6,9H,2-5,7-8H2,1H3,(H,15,16). The van der Waals surface area contributed by atoms with E-state index in [2.05, 4.69) is 34.2 Å². The summed E-state index contributed by atoms with van der Waals surface area (Å²) in [7, 11) is 0. The maximum atomic E-state index is 12.0. The number of rotatable bonds is 4. The first kappa shape index (κ1) is 13.1. The van der Waals surface area contributed by atoms with Gasteiger partial charge in [-0.25, -0.2) is 0 Å². The summed E-state index contributed by atoms with van der Waals surface area (Å²) in [5, 5.41) is 3.93. The van der Waals surface area contributed by atoms with E-state index < -0.39 is 0 Å². The number of hydrogen-bond acceptors (Lipinski definition) is 2. The number of aryl methyl sites for hydroxylation is 2. The van der Waals surface area contributed by atoms with Gasteiger partial charge in [-0.05, 0) is 43.2 Å². The van der Waals surface area contributed by atoms with Crippen molar-refractivity contribution in [2.75, 3.05) is 11.9 Å². The Morgan fingerprint density at radius 1 is 1.53 bits per heavy atom. The number of fused-ring (bicyclic) bond motifs is 1. The van der Waals surface area contributed by atoms with E-state index in [1.165, 1.54) is 23.3 Å². The van der Waals surface area contributed by atoms with E-state index in [0.29, 0.717) is 5.92 Å². The van der Waals surface area contributed by atoms with Crippen LogP contribution < -0.4 is 5.32 Å². The Bertz CT molecular complexity index is 379. The predicted molar refractivity (Wildman–Crippen MR) is 76.3 cm³/mol. The molecule has 0 bridgehead atoms. The first-order valence-electron chi connectivity index (χ1n) is 6.16. The summed E-state index contributed by atoms with van der Waals surface area (Å²) in [6.07, 6.45) is 4.85. The highest BCUT2D eigenvalue weighted by Crippen LogP contribution is 2.29. The first-order valence-corrected chi connectivity index (χ1v) is 8.10. The molecule has 1 atom stereocenters. The minimum absolute atomic E-state index is 0.0946. The number of alkyl halides is 1. The van der Waals surface area contributed by atoms with Gasteiger partial charge in [0.15, 0.2) is 0 Å². The molecule has 0 aromatic carbocycles. The molecule has 1 unspecified atom stereocenters. The Morgan fingerprint density at radius 2 is 2.29 bits per heavy atom. The molecule has 1 aliphatic carbocycles. The second-order valence-corrected chi connectivity index (χ2v) is 6.52. The monoisotopic (exact) mass is 315 g/mol. The molecule has 1 aromatic rings. The van der Waals surface area contributed by atoms with Crippen LogP contribution in [0.4, 0.5) is 0 Å². The van der Waals surface area contributed by atoms with Crippen LogP contribution >= 0.6 is 27.3 Å². The Hall–Kier alpha value is -0.350. The molecule has 4 heteroatoms. The van der Waals surface area contributed by atoms with E-state index in [0.717, 1.165) is 29.6 Å². The van der Waals surface area contributed by atoms with Crippen molar-refractivity contribution in [3.8, 4) is 0 Å². The van der Waals surface area contributed by atoms with Crippen LogP contribution in [-0.2, 0) is 12.8 Å². The van der Waals surface area contributed by atoms with Crippen LogP contribution in [0.25, 0.3) is 0 Å². The third kappa shape index (κ3) is 3.32. The van der Waals surface area contributed by atoms with Gasteiger partial charge in [-0.15, -0.1) is 11.3 Å². The van der Waals surface area contributed by atoms with E-state index in [9.17, 15) is 4.79 Å². The van der Waals surface area contributed by atoms with Gasteiger partial charge in [0.2, 0.25) is 0 Å². The molecular formula is C13H18BrNOS. The quantitative estimate of drug-likeness (QED) is 0.848. The SMILES string of the molecule is CC(CBr)CNC(=O)c1cc2c(s1)CCCC2. The summed E-state index contributed by atoms with van der Waals surface area (Å²) >= 11 is 5.10. The number of hydrogen-bond donors (Lipinski definition) is 1. The van der Waals surface area contributed by atoms with Crippen LogP contribution in [0.2, 0.25) is 0 Å². The topological polar surface area (TPSA) is 29.1 Å². The second kappa shape index (κ2) is 6.01. The van der Waals surface area contributed by atoms with Gasteiger partial charge in [0.25, 0.3) is 5.91 Å². The van der Waals surface area contributed by atoms with Crippen LogP contribution in [-0.4, -0.2) is 17.8 Å². The summed E-state index contributed by atoms with van der Waals surface area (Å²) in [5.41, 5.74) is 1.40. The zero-order chi connectivity index (χ0) is 12.3. The Morgan fingerprint density at radius 3 is 3.00 bits per heavy atom. The van der Waals surface area contributed by atoms with Crippen molar-refractivity contribution >= 4 is 33.2 Å². The molecule has 0 saturated heterocycles. The van der Waals surface area contributed by atoms with E-state index in [-0.39, 0.29) is 5.91 Å². The minimum Gasteiger partial charge on any atom is -0.351 e. The van der Waals surface area contributed by atoms with Gasteiger partial charge in [-0.3, -0.25) is 4.79 Å². The molecule has 94 valence electrons. The number of carbonyl (C=O) groups is 1. The number of halogens is 1. The van der Waals surface area contributed by atoms with Crippen LogP contribution in [0.5, 0.6) is 0 Å². The number of carbonyl (C=O) groups excluding carboxylic acids is 1. The molecule has 17 heavy (non-hydrogen) atoms. The fourth-order valence-corrected chi connectivity index (χ4v) is 3.41. The fraction of sp³-hybridized carbons (Fsp3) is 0.615. The smallest absolute Gasteiger partial charge is 0.261 e. The first-order chi connectivity index (χ1) is 8.20. The average Bonchev–Trinajstić information content (AvgIpc) is 2.79. The maximum Gasteiger partial charge on any atom is 0.261 e. The van der Waals surface area contributed by atoms with E-state index >= 15 is 0 Å². The molecule has 1 heterocycles. The summed E-state index contributed by atoms with van der Waals surface area (Å²) in [4.78, 5) is 14.3. The molecule has 1 N–H and O–H groups in total. The average molecular weight is 316 g/mol. The van der Waals surface area contributed by atoms with Crippen molar-refractivity contribution in [1.82, 2.24) is 5.32 Å². The van der Waals surface area contributed by atoms with Gasteiger partial charge >= 0.3 is 0 Å². The lowest BCUT2D eigenvalue weighted by Crippen LogP contribution is -2.28. The highest BCUT2D eigenvalue weighted by atomic mass is 79.9. The summed E-state index contributed by atoms with van der Waals surface area (Å²) < 4.78 is 0. The van der Waals surface area contributed by atoms with Crippen molar-refractivity contribution in [2.24, 2.45) is 5.92 Å². The summed E-state index contributed by atoms with van der Waals surface area (Å²) in [5.74, 6) is 0.575. The predicted octanol–water partition coefficient (Wildman–Crippen LogP) is 3.39. The van der Waals surface area contributed by atoms with Crippen molar-refractivity contribution in [2.45, 2.75) is 32.6 Å². The highest BCUT2D eigenvalue weighted by molar-refractivity contribution is 9.09. The van der Waals surface area contributed by atoms with E-state index in [4.69, 9.17) is 0 Å². The lowest BCUT2D eigenvalue weighted by atomic mass is 9.99. The van der Waals surface area contributed by atoms with Crippen molar-refractivity contribution in [3.63, 3.8) is 0 Å². The number of thiophene rings is 1. The summed E-state index contributed by atoms with van der Waals surface area (Å²) in [6.45, 7) is 2.86. The Balaban J connectivity index is 1.97. The fourth-order valence-electron chi connectivity index (χ4n) is 2.01. The van der Waals surface area contributed by atoms with Gasteiger partial charge in [-0.1, -0.05) is 22.9 Å². The molecular weight excluding hydrogens is 298 g/mol. The molecule has 2 rings (SSSR count). The molecule has 0 spiro atoms. The second-order valence-electron chi connectivity index (χ2n) is 4.74. The largest absolute Gasteiger partial charge is 0.351 e. The zero-order valence-corrected chi connectivity index (χ0v) is 12.5. The van der Waals surface area contributed by atoms with Crippen LogP contribution in [0.3, 0.4) is 0 Å². The normalized spacial score (nSPS) is 16.4. The molecule has 1 aromatic heterocycles. The molecule has 0 saturated carbocycles. The molecule has 0 aliphatic heterocycles. The number of nitrogens with one attached hydrogen (secondary N) is 1. The van der Waals surface area contributed by atoms with Crippen LogP contribution in [0, 0.1) is 5.92 Å². The maximum absolute atomic E-state index is 12.0. The van der Waals surface area contributed by atoms with Gasteiger partial charge in [0, 0.05) is 16.8 Å². The molecule has 1 amide bonds.